The third-order valence-corrected chi connectivity index (χ3v) is 1.02. The maximum Gasteiger partial charge on any atom is 0.157 e. The zero-order valence-corrected chi connectivity index (χ0v) is 8.34. The second-order valence-electron chi connectivity index (χ2n) is 1.73. The van der Waals surface area contributed by atoms with E-state index >= 15 is 0 Å². The van der Waals surface area contributed by atoms with Crippen LogP contribution in [0.5, 0.6) is 0 Å². The number of rotatable bonds is 1. The minimum absolute atomic E-state index is 0.0972. The second kappa shape index (κ2) is 7.50. The molecule has 0 saturated carbocycles. The lowest BCUT2D eigenvalue weighted by Gasteiger charge is -2.01. The van der Waals surface area contributed by atoms with Gasteiger partial charge >= 0.3 is 0 Å². The van der Waals surface area contributed by atoms with E-state index < -0.39 is 0 Å². The Bertz CT molecular complexity index is 79.7. The molecule has 1 aliphatic rings. The van der Waals surface area contributed by atoms with Gasteiger partial charge in [0.15, 0.2) is 6.29 Å². The average molecular weight is 256 g/mol. The van der Waals surface area contributed by atoms with Crippen LogP contribution in [0.15, 0.2) is 10.7 Å². The van der Waals surface area contributed by atoms with Crippen LogP contribution in [-0.4, -0.2) is 19.5 Å². The lowest BCUT2D eigenvalue weighted by molar-refractivity contribution is -0.0430. The Balaban J connectivity index is 0.000000236. The number of ether oxygens (including phenoxy) is 2. The summed E-state index contributed by atoms with van der Waals surface area (Å²) in [5.74, 6) is 0. The van der Waals surface area contributed by atoms with Gasteiger partial charge in [-0.05, 0) is 10.5 Å². The highest BCUT2D eigenvalue weighted by Gasteiger charge is 2.11. The number of halogens is 1. The van der Waals surface area contributed by atoms with Crippen molar-refractivity contribution in [1.82, 2.24) is 0 Å². The predicted octanol–water partition coefficient (Wildman–Crippen LogP) is 2.33. The molecular weight excluding hydrogens is 243 g/mol. The normalized spacial score (nSPS) is 17.8. The maximum absolute atomic E-state index is 5.08. The molecule has 0 aliphatic carbocycles. The molecule has 60 valence electrons. The molecule has 0 N–H and O–H groups in total. The van der Waals surface area contributed by atoms with E-state index in [2.05, 4.69) is 36.1 Å². The summed E-state index contributed by atoms with van der Waals surface area (Å²) in [5, 5.41) is 0. The van der Waals surface area contributed by atoms with E-state index in [4.69, 9.17) is 9.47 Å². The summed E-state index contributed by atoms with van der Waals surface area (Å²) >= 11 is 2.05. The highest BCUT2D eigenvalue weighted by Crippen LogP contribution is 2.05. The quantitative estimate of drug-likeness (QED) is 0.670. The molecule has 0 aromatic carbocycles. The van der Waals surface area contributed by atoms with Crippen molar-refractivity contribution in [3.63, 3.8) is 0 Å². The van der Waals surface area contributed by atoms with E-state index in [0.29, 0.717) is 0 Å². The molecule has 1 aliphatic heterocycles. The molecule has 0 radical (unpaired) electrons. The molecular formula is C7H13IO2. The average Bonchev–Trinajstić information content (AvgIpc) is 2.39. The van der Waals surface area contributed by atoms with Crippen LogP contribution in [0.25, 0.3) is 0 Å². The third-order valence-electron chi connectivity index (χ3n) is 1.02. The molecule has 0 unspecified atom stereocenters. The highest BCUT2D eigenvalue weighted by molar-refractivity contribution is 14.1. The van der Waals surface area contributed by atoms with Gasteiger partial charge in [0, 0.05) is 0 Å². The summed E-state index contributed by atoms with van der Waals surface area (Å²) < 4.78 is 11.9. The van der Waals surface area contributed by atoms with Gasteiger partial charge in [-0.25, -0.2) is 0 Å². The second-order valence-corrected chi connectivity index (χ2v) is 2.61. The Morgan fingerprint density at radius 3 is 2.20 bits per heavy atom. The molecule has 0 spiro atoms. The Hall–Kier alpha value is 0.390. The Labute approximate surface area is 75.7 Å². The largest absolute Gasteiger partial charge is 0.350 e. The van der Waals surface area contributed by atoms with Gasteiger partial charge in [0.05, 0.1) is 13.2 Å². The van der Waals surface area contributed by atoms with Crippen molar-refractivity contribution in [2.24, 2.45) is 0 Å². The SMILES string of the molecule is C=CI.CCC1OCCO1. The maximum atomic E-state index is 5.08. The van der Waals surface area contributed by atoms with E-state index in [1.807, 2.05) is 0 Å². The topological polar surface area (TPSA) is 18.5 Å². The van der Waals surface area contributed by atoms with Crippen LogP contribution < -0.4 is 0 Å². The van der Waals surface area contributed by atoms with Crippen molar-refractivity contribution in [2.75, 3.05) is 13.2 Å². The van der Waals surface area contributed by atoms with Crippen molar-refractivity contribution in [3.8, 4) is 0 Å². The van der Waals surface area contributed by atoms with Gasteiger partial charge in [-0.3, -0.25) is 0 Å². The van der Waals surface area contributed by atoms with Crippen LogP contribution in [0.3, 0.4) is 0 Å². The van der Waals surface area contributed by atoms with Crippen molar-refractivity contribution >= 4 is 22.6 Å². The Morgan fingerprint density at radius 2 is 2.00 bits per heavy atom. The first-order valence-corrected chi connectivity index (χ1v) is 4.54. The molecule has 0 bridgehead atoms. The first-order chi connectivity index (χ1) is 4.85. The first kappa shape index (κ1) is 10.4. The molecule has 1 fully saturated rings. The molecule has 1 saturated heterocycles. The highest BCUT2D eigenvalue weighted by atomic mass is 127. The summed E-state index contributed by atoms with van der Waals surface area (Å²) in [6, 6.07) is 0. The van der Waals surface area contributed by atoms with Gasteiger partial charge in [-0.15, -0.1) is 0 Å². The third kappa shape index (κ3) is 5.20. The first-order valence-electron chi connectivity index (χ1n) is 3.29. The fourth-order valence-corrected chi connectivity index (χ4v) is 0.643. The van der Waals surface area contributed by atoms with Crippen LogP contribution in [-0.2, 0) is 9.47 Å². The molecule has 0 aromatic heterocycles. The fourth-order valence-electron chi connectivity index (χ4n) is 0.643. The summed E-state index contributed by atoms with van der Waals surface area (Å²) in [4.78, 5) is 0. The van der Waals surface area contributed by atoms with Crippen molar-refractivity contribution < 1.29 is 9.47 Å². The van der Waals surface area contributed by atoms with Crippen LogP contribution in [0.2, 0.25) is 0 Å². The molecule has 0 aromatic rings. The van der Waals surface area contributed by atoms with E-state index in [-0.39, 0.29) is 6.29 Å². The smallest absolute Gasteiger partial charge is 0.157 e. The standard InChI is InChI=1S/C5H10O2.C2H3I/c1-2-5-6-3-4-7-5;1-2-3/h5H,2-4H2,1H3;2H,1H2. The van der Waals surface area contributed by atoms with E-state index in [9.17, 15) is 0 Å². The molecule has 1 heterocycles. The Kier molecular flexibility index (Phi) is 7.79. The van der Waals surface area contributed by atoms with E-state index in [1.54, 1.807) is 4.08 Å². The minimum atomic E-state index is 0.0972. The summed E-state index contributed by atoms with van der Waals surface area (Å²) in [5.41, 5.74) is 0. The summed E-state index contributed by atoms with van der Waals surface area (Å²) in [7, 11) is 0. The lowest BCUT2D eigenvalue weighted by Crippen LogP contribution is -2.03. The van der Waals surface area contributed by atoms with Gasteiger partial charge in [-0.1, -0.05) is 36.1 Å². The predicted molar refractivity (Wildman–Crippen MR) is 50.2 cm³/mol. The molecule has 1 rings (SSSR count). The van der Waals surface area contributed by atoms with Crippen LogP contribution in [0, 0.1) is 0 Å². The van der Waals surface area contributed by atoms with E-state index in [0.717, 1.165) is 19.6 Å². The molecule has 2 nitrogen and oxygen atoms in total. The molecule has 0 amide bonds. The summed E-state index contributed by atoms with van der Waals surface area (Å²) in [6.07, 6.45) is 1.07. The van der Waals surface area contributed by atoms with Crippen LogP contribution >= 0.6 is 22.6 Å². The van der Waals surface area contributed by atoms with Gasteiger partial charge < -0.3 is 9.47 Å². The van der Waals surface area contributed by atoms with Crippen LogP contribution in [0.1, 0.15) is 13.3 Å². The summed E-state index contributed by atoms with van der Waals surface area (Å²) in [6.45, 7) is 6.95. The molecule has 0 atom stereocenters. The number of hydrogen-bond acceptors (Lipinski definition) is 2. The van der Waals surface area contributed by atoms with Gasteiger partial charge in [0.1, 0.15) is 0 Å². The van der Waals surface area contributed by atoms with Crippen molar-refractivity contribution in [3.05, 3.63) is 10.7 Å². The van der Waals surface area contributed by atoms with Gasteiger partial charge in [0.25, 0.3) is 0 Å². The van der Waals surface area contributed by atoms with Crippen LogP contribution in [0.4, 0.5) is 0 Å². The van der Waals surface area contributed by atoms with Gasteiger partial charge in [0.2, 0.25) is 0 Å². The number of hydrogen-bond donors (Lipinski definition) is 0. The fraction of sp³-hybridized carbons (Fsp3) is 0.714. The zero-order chi connectivity index (χ0) is 7.82. The van der Waals surface area contributed by atoms with Gasteiger partial charge in [-0.2, -0.15) is 0 Å². The zero-order valence-electron chi connectivity index (χ0n) is 6.18. The van der Waals surface area contributed by atoms with Crippen molar-refractivity contribution in [2.45, 2.75) is 19.6 Å². The lowest BCUT2D eigenvalue weighted by atomic mass is 10.5. The van der Waals surface area contributed by atoms with Crippen molar-refractivity contribution in [1.29, 1.82) is 0 Å². The molecule has 10 heavy (non-hydrogen) atoms. The monoisotopic (exact) mass is 256 g/mol. The Morgan fingerprint density at radius 1 is 1.60 bits per heavy atom. The minimum Gasteiger partial charge on any atom is -0.350 e. The van der Waals surface area contributed by atoms with E-state index in [1.165, 1.54) is 0 Å². The molecule has 3 heteroatoms.